The summed E-state index contributed by atoms with van der Waals surface area (Å²) in [5, 5.41) is 0.731. The van der Waals surface area contributed by atoms with Gasteiger partial charge in [0.15, 0.2) is 0 Å². The Hall–Kier alpha value is -2.63. The molecule has 1 aromatic heterocycles. The van der Waals surface area contributed by atoms with Crippen molar-refractivity contribution in [1.82, 2.24) is 9.80 Å². The van der Waals surface area contributed by atoms with Crippen molar-refractivity contribution >= 4 is 22.8 Å². The smallest absolute Gasteiger partial charge is 0.349 e. The van der Waals surface area contributed by atoms with Crippen molar-refractivity contribution in [3.63, 3.8) is 0 Å². The Balaban J connectivity index is 1.42. The van der Waals surface area contributed by atoms with Gasteiger partial charge < -0.3 is 14.2 Å². The topological polar surface area (TPSA) is 70.8 Å². The van der Waals surface area contributed by atoms with E-state index in [-0.39, 0.29) is 23.3 Å². The summed E-state index contributed by atoms with van der Waals surface area (Å²) in [6.45, 7) is 4.86. The molecular formula is C22H26N2O4. The number of hydrogen-bond donors (Lipinski definition) is 0. The number of fused-ring (bicyclic) bond motifs is 1. The highest BCUT2D eigenvalue weighted by molar-refractivity contribution is 5.96. The predicted molar refractivity (Wildman–Crippen MR) is 106 cm³/mol. The fourth-order valence-electron chi connectivity index (χ4n) is 4.36. The van der Waals surface area contributed by atoms with E-state index in [4.69, 9.17) is 4.42 Å². The minimum absolute atomic E-state index is 0.0256. The lowest BCUT2D eigenvalue weighted by Crippen LogP contribution is -2.47. The molecule has 4 rings (SSSR count). The summed E-state index contributed by atoms with van der Waals surface area (Å²) >= 11 is 0. The van der Waals surface area contributed by atoms with Gasteiger partial charge in [-0.1, -0.05) is 25.1 Å². The molecule has 0 N–H and O–H groups in total. The van der Waals surface area contributed by atoms with E-state index in [1.54, 1.807) is 23.1 Å². The molecule has 28 heavy (non-hydrogen) atoms. The standard InChI is InChI=1S/C22H26N2O4/c1-15-5-4-10-24(14-15)20(25)16-8-11-23(12-9-16)21(26)18-13-17-6-2-3-7-19(17)28-22(18)27/h2-3,6-7,13,15-16H,4-5,8-12,14H2,1H3. The molecule has 2 aliphatic rings. The summed E-state index contributed by atoms with van der Waals surface area (Å²) in [4.78, 5) is 41.6. The van der Waals surface area contributed by atoms with Gasteiger partial charge in [0.25, 0.3) is 5.91 Å². The fraction of sp³-hybridized carbons (Fsp3) is 0.500. The molecule has 6 heteroatoms. The Morgan fingerprint density at radius 1 is 1.04 bits per heavy atom. The molecule has 1 atom stereocenters. The maximum atomic E-state index is 12.9. The van der Waals surface area contributed by atoms with E-state index in [2.05, 4.69) is 6.92 Å². The van der Waals surface area contributed by atoms with Crippen LogP contribution in [0.15, 0.2) is 39.5 Å². The Bertz CT molecular complexity index is 943. The van der Waals surface area contributed by atoms with E-state index in [9.17, 15) is 14.4 Å². The summed E-state index contributed by atoms with van der Waals surface area (Å²) in [7, 11) is 0. The Labute approximate surface area is 164 Å². The van der Waals surface area contributed by atoms with Crippen LogP contribution in [0.4, 0.5) is 0 Å². The molecule has 2 saturated heterocycles. The summed E-state index contributed by atoms with van der Waals surface area (Å²) < 4.78 is 5.29. The lowest BCUT2D eigenvalue weighted by Gasteiger charge is -2.37. The average Bonchev–Trinajstić information content (AvgIpc) is 2.72. The summed E-state index contributed by atoms with van der Waals surface area (Å²) in [5.74, 6) is 0.453. The average molecular weight is 382 g/mol. The molecular weight excluding hydrogens is 356 g/mol. The molecule has 0 aliphatic carbocycles. The van der Waals surface area contributed by atoms with Gasteiger partial charge in [0, 0.05) is 37.5 Å². The van der Waals surface area contributed by atoms with Gasteiger partial charge in [-0.05, 0) is 43.7 Å². The number of likely N-dealkylation sites (tertiary alicyclic amines) is 2. The summed E-state index contributed by atoms with van der Waals surface area (Å²) in [6, 6.07) is 8.77. The van der Waals surface area contributed by atoms with Crippen LogP contribution in [0.3, 0.4) is 0 Å². The molecule has 6 nitrogen and oxygen atoms in total. The van der Waals surface area contributed by atoms with E-state index in [1.807, 2.05) is 17.0 Å². The zero-order chi connectivity index (χ0) is 19.7. The van der Waals surface area contributed by atoms with Crippen LogP contribution in [0, 0.1) is 11.8 Å². The first-order valence-electron chi connectivity index (χ1n) is 10.1. The largest absolute Gasteiger partial charge is 0.422 e. The lowest BCUT2D eigenvalue weighted by molar-refractivity contribution is -0.138. The highest BCUT2D eigenvalue weighted by Gasteiger charge is 2.32. The van der Waals surface area contributed by atoms with Gasteiger partial charge in [-0.15, -0.1) is 0 Å². The van der Waals surface area contributed by atoms with Gasteiger partial charge in [0.1, 0.15) is 11.1 Å². The highest BCUT2D eigenvalue weighted by atomic mass is 16.4. The lowest BCUT2D eigenvalue weighted by atomic mass is 9.92. The maximum Gasteiger partial charge on any atom is 0.349 e. The van der Waals surface area contributed by atoms with Crippen LogP contribution in [0.5, 0.6) is 0 Å². The normalized spacial score (nSPS) is 21.1. The van der Waals surface area contributed by atoms with Crippen LogP contribution in [0.1, 0.15) is 43.0 Å². The maximum absolute atomic E-state index is 12.9. The van der Waals surface area contributed by atoms with Crippen LogP contribution < -0.4 is 5.63 Å². The van der Waals surface area contributed by atoms with Gasteiger partial charge >= 0.3 is 5.63 Å². The van der Waals surface area contributed by atoms with E-state index in [0.717, 1.165) is 24.9 Å². The molecule has 0 saturated carbocycles. The van der Waals surface area contributed by atoms with E-state index in [1.165, 1.54) is 6.42 Å². The van der Waals surface area contributed by atoms with E-state index < -0.39 is 5.63 Å². The number of carbonyl (C=O) groups is 2. The number of piperidine rings is 2. The monoisotopic (exact) mass is 382 g/mol. The first-order chi connectivity index (χ1) is 13.5. The van der Waals surface area contributed by atoms with Crippen LogP contribution in [0.25, 0.3) is 11.0 Å². The number of amides is 2. The Kier molecular flexibility index (Phi) is 5.20. The third kappa shape index (κ3) is 3.68. The molecule has 2 aromatic rings. The first-order valence-corrected chi connectivity index (χ1v) is 10.1. The zero-order valence-corrected chi connectivity index (χ0v) is 16.2. The zero-order valence-electron chi connectivity index (χ0n) is 16.2. The number of carbonyl (C=O) groups excluding carboxylic acids is 2. The van der Waals surface area contributed by atoms with Crippen LogP contribution in [-0.4, -0.2) is 47.8 Å². The second-order valence-electron chi connectivity index (χ2n) is 8.08. The van der Waals surface area contributed by atoms with E-state index in [0.29, 0.717) is 37.4 Å². The molecule has 0 spiro atoms. The SMILES string of the molecule is CC1CCCN(C(=O)C2CCN(C(=O)c3cc4ccccc4oc3=O)CC2)C1. The Morgan fingerprint density at radius 3 is 2.54 bits per heavy atom. The number of hydrogen-bond acceptors (Lipinski definition) is 4. The molecule has 2 fully saturated rings. The van der Waals surface area contributed by atoms with Crippen molar-refractivity contribution in [2.24, 2.45) is 11.8 Å². The first kappa shape index (κ1) is 18.7. The minimum Gasteiger partial charge on any atom is -0.422 e. The second kappa shape index (κ2) is 7.78. The van der Waals surface area contributed by atoms with Gasteiger partial charge in [0.2, 0.25) is 5.91 Å². The predicted octanol–water partition coefficient (Wildman–Crippen LogP) is 2.90. The number of para-hydroxylation sites is 1. The molecule has 0 bridgehead atoms. The summed E-state index contributed by atoms with van der Waals surface area (Å²) in [6.07, 6.45) is 3.55. The molecule has 1 aromatic carbocycles. The quantitative estimate of drug-likeness (QED) is 0.749. The van der Waals surface area contributed by atoms with Crippen LogP contribution in [0.2, 0.25) is 0 Å². The van der Waals surface area contributed by atoms with Crippen molar-refractivity contribution in [2.75, 3.05) is 26.2 Å². The van der Waals surface area contributed by atoms with E-state index >= 15 is 0 Å². The molecule has 1 unspecified atom stereocenters. The van der Waals surface area contributed by atoms with Crippen LogP contribution >= 0.6 is 0 Å². The molecule has 2 aliphatic heterocycles. The van der Waals surface area contributed by atoms with Crippen molar-refractivity contribution in [3.05, 3.63) is 46.3 Å². The fourth-order valence-corrected chi connectivity index (χ4v) is 4.36. The number of benzene rings is 1. The van der Waals surface area contributed by atoms with Gasteiger partial charge in [-0.3, -0.25) is 9.59 Å². The number of rotatable bonds is 2. The summed E-state index contributed by atoms with van der Waals surface area (Å²) in [5.41, 5.74) is -0.0679. The van der Waals surface area contributed by atoms with Gasteiger partial charge in [-0.25, -0.2) is 4.79 Å². The second-order valence-corrected chi connectivity index (χ2v) is 8.08. The van der Waals surface area contributed by atoms with Crippen molar-refractivity contribution in [3.8, 4) is 0 Å². The third-order valence-corrected chi connectivity index (χ3v) is 5.97. The highest BCUT2D eigenvalue weighted by Crippen LogP contribution is 2.24. The third-order valence-electron chi connectivity index (χ3n) is 5.97. The Morgan fingerprint density at radius 2 is 1.79 bits per heavy atom. The molecule has 0 radical (unpaired) electrons. The van der Waals surface area contributed by atoms with Crippen LogP contribution in [-0.2, 0) is 4.79 Å². The van der Waals surface area contributed by atoms with Gasteiger partial charge in [0.05, 0.1) is 0 Å². The molecule has 2 amide bonds. The van der Waals surface area contributed by atoms with Crippen molar-refractivity contribution < 1.29 is 14.0 Å². The minimum atomic E-state index is -0.607. The molecule has 3 heterocycles. The number of nitrogens with zero attached hydrogens (tertiary/aromatic N) is 2. The molecule has 148 valence electrons. The van der Waals surface area contributed by atoms with Crippen molar-refractivity contribution in [2.45, 2.75) is 32.6 Å². The van der Waals surface area contributed by atoms with Crippen molar-refractivity contribution in [1.29, 1.82) is 0 Å². The van der Waals surface area contributed by atoms with Gasteiger partial charge in [-0.2, -0.15) is 0 Å².